The molecule has 0 bridgehead atoms. The third-order valence-electron chi connectivity index (χ3n) is 8.05. The molecule has 6 nitrogen and oxygen atoms in total. The molecule has 8 heteroatoms. The molecule has 5 atom stereocenters. The number of aliphatic hydroxyl groups excluding tert-OH is 1. The number of hydrogen-bond acceptors (Lipinski definition) is 4. The average molecular weight is 527 g/mol. The predicted octanol–water partition coefficient (Wildman–Crippen LogP) is 5.24. The molecule has 0 spiro atoms. The van der Waals surface area contributed by atoms with Crippen LogP contribution in [0.2, 0.25) is 18.6 Å². The van der Waals surface area contributed by atoms with Crippen molar-refractivity contribution < 1.29 is 23.5 Å². The number of para-hydroxylation sites is 1. The van der Waals surface area contributed by atoms with E-state index in [-0.39, 0.29) is 42.5 Å². The van der Waals surface area contributed by atoms with E-state index in [1.165, 1.54) is 0 Å². The highest BCUT2D eigenvalue weighted by Gasteiger charge is 2.52. The lowest BCUT2D eigenvalue weighted by Gasteiger charge is -2.30. The van der Waals surface area contributed by atoms with E-state index in [9.17, 15) is 14.7 Å². The fourth-order valence-electron chi connectivity index (χ4n) is 6.21. The minimum absolute atomic E-state index is 0.0274. The first-order chi connectivity index (χ1) is 17.7. The second kappa shape index (κ2) is 11.9. The zero-order valence-corrected chi connectivity index (χ0v) is 23.1. The molecule has 0 radical (unpaired) electrons. The van der Waals surface area contributed by atoms with Crippen molar-refractivity contribution in [2.75, 3.05) is 18.1 Å². The van der Waals surface area contributed by atoms with Crippen molar-refractivity contribution in [1.82, 2.24) is 4.90 Å². The van der Waals surface area contributed by atoms with Crippen LogP contribution >= 0.6 is 0 Å². The minimum Gasteiger partial charge on any atom is -0.394 e. The molecular formula is C29H39FN2O4Si. The van der Waals surface area contributed by atoms with Crippen LogP contribution in [0.5, 0.6) is 0 Å². The highest BCUT2D eigenvalue weighted by molar-refractivity contribution is 6.72. The van der Waals surface area contributed by atoms with E-state index in [1.807, 2.05) is 54.6 Å². The Labute approximate surface area is 220 Å². The SMILES string of the molecule is C[C@@H]1[C@@H]([Si](C)(C)F)[C@H](CC(=O)N2CCC[C@H]2CO)O[C@@H]1CCc1ccc(N(C=O)c2ccccc2)cc1. The zero-order chi connectivity index (χ0) is 26.6. The van der Waals surface area contributed by atoms with E-state index in [1.54, 1.807) is 22.9 Å². The van der Waals surface area contributed by atoms with E-state index >= 15 is 4.11 Å². The number of anilines is 2. The number of nitrogens with zero attached hydrogens (tertiary/aromatic N) is 2. The van der Waals surface area contributed by atoms with Crippen LogP contribution in [0.3, 0.4) is 0 Å². The Morgan fingerprint density at radius 2 is 1.81 bits per heavy atom. The summed E-state index contributed by atoms with van der Waals surface area (Å²) in [6, 6.07) is 17.3. The van der Waals surface area contributed by atoms with Crippen LogP contribution in [0.25, 0.3) is 0 Å². The van der Waals surface area contributed by atoms with Crippen molar-refractivity contribution in [3.63, 3.8) is 0 Å². The Kier molecular flexibility index (Phi) is 8.82. The van der Waals surface area contributed by atoms with Crippen LogP contribution in [-0.4, -0.2) is 62.1 Å². The van der Waals surface area contributed by atoms with Gasteiger partial charge in [-0.2, -0.15) is 0 Å². The van der Waals surface area contributed by atoms with Gasteiger partial charge in [-0.3, -0.25) is 14.5 Å². The monoisotopic (exact) mass is 526 g/mol. The molecule has 2 amide bonds. The fourth-order valence-corrected chi connectivity index (χ4v) is 8.76. The van der Waals surface area contributed by atoms with Gasteiger partial charge >= 0.3 is 0 Å². The molecule has 2 aromatic rings. The standard InChI is InChI=1S/C29H39FN2O4Si/c1-21-26(16-13-22-11-14-24(15-12-22)32(20-34)23-8-5-4-6-9-23)36-27(29(21)37(2,3)30)18-28(35)31-17-7-10-25(31)19-33/h4-6,8-9,11-12,14-15,20-21,25-27,29,33H,7,10,13,16-19H2,1-3H3/t21-,25-,26+,27-,29+/m0/s1. The number of carbonyl (C=O) groups excluding carboxylic acids is 2. The summed E-state index contributed by atoms with van der Waals surface area (Å²) in [5.74, 6) is -0.00835. The Balaban J connectivity index is 1.40. The number of likely N-dealkylation sites (tertiary alicyclic amines) is 1. The van der Waals surface area contributed by atoms with E-state index < -0.39 is 14.5 Å². The van der Waals surface area contributed by atoms with Gasteiger partial charge in [0.1, 0.15) is 0 Å². The highest BCUT2D eigenvalue weighted by Crippen LogP contribution is 2.47. The molecule has 4 rings (SSSR count). The number of aryl methyl sites for hydroxylation is 1. The smallest absolute Gasteiger partial charge is 0.246 e. The molecule has 0 saturated carbocycles. The summed E-state index contributed by atoms with van der Waals surface area (Å²) < 4.78 is 21.9. The Hall–Kier alpha value is -2.55. The molecule has 2 fully saturated rings. The molecule has 2 heterocycles. The number of benzene rings is 2. The van der Waals surface area contributed by atoms with Gasteiger partial charge in [0.2, 0.25) is 20.7 Å². The van der Waals surface area contributed by atoms with Crippen LogP contribution in [0.1, 0.15) is 38.2 Å². The van der Waals surface area contributed by atoms with E-state index in [4.69, 9.17) is 4.74 Å². The molecule has 2 aliphatic rings. The minimum atomic E-state index is -3.07. The Morgan fingerprint density at radius 1 is 1.14 bits per heavy atom. The summed E-state index contributed by atoms with van der Waals surface area (Å²) in [7, 11) is -3.07. The number of carbonyl (C=O) groups is 2. The van der Waals surface area contributed by atoms with Crippen LogP contribution in [0.4, 0.5) is 15.5 Å². The van der Waals surface area contributed by atoms with E-state index in [0.717, 1.165) is 49.0 Å². The maximum atomic E-state index is 15.5. The molecule has 0 unspecified atom stereocenters. The third kappa shape index (κ3) is 6.30. The number of halogens is 1. The van der Waals surface area contributed by atoms with Gasteiger partial charge in [-0.05, 0) is 74.5 Å². The first-order valence-electron chi connectivity index (χ1n) is 13.4. The van der Waals surface area contributed by atoms with Gasteiger partial charge in [0, 0.05) is 23.5 Å². The number of hydrogen-bond donors (Lipinski definition) is 1. The molecule has 2 aromatic carbocycles. The molecule has 37 heavy (non-hydrogen) atoms. The van der Waals surface area contributed by atoms with Gasteiger partial charge in [0.15, 0.2) is 0 Å². The summed E-state index contributed by atoms with van der Waals surface area (Å²) >= 11 is 0. The number of rotatable bonds is 10. The second-order valence-electron chi connectivity index (χ2n) is 10.9. The van der Waals surface area contributed by atoms with Crippen molar-refractivity contribution in [3.05, 3.63) is 60.2 Å². The summed E-state index contributed by atoms with van der Waals surface area (Å²) in [5, 5.41) is 9.61. The summed E-state index contributed by atoms with van der Waals surface area (Å²) in [6.45, 7) is 6.12. The molecule has 200 valence electrons. The molecule has 2 aliphatic heterocycles. The maximum absolute atomic E-state index is 15.5. The molecule has 0 aliphatic carbocycles. The van der Waals surface area contributed by atoms with Gasteiger partial charge < -0.3 is 18.9 Å². The second-order valence-corrected chi connectivity index (χ2v) is 14.7. The highest BCUT2D eigenvalue weighted by atomic mass is 28.4. The largest absolute Gasteiger partial charge is 0.394 e. The van der Waals surface area contributed by atoms with Crippen LogP contribution in [0.15, 0.2) is 54.6 Å². The van der Waals surface area contributed by atoms with Crippen molar-refractivity contribution in [2.45, 2.75) is 75.9 Å². The van der Waals surface area contributed by atoms with E-state index in [0.29, 0.717) is 6.54 Å². The summed E-state index contributed by atoms with van der Waals surface area (Å²) in [6.07, 6.45) is 3.66. The van der Waals surface area contributed by atoms with Crippen LogP contribution in [0, 0.1) is 5.92 Å². The van der Waals surface area contributed by atoms with Gasteiger partial charge in [-0.15, -0.1) is 0 Å². The first kappa shape index (κ1) is 27.5. The lowest BCUT2D eigenvalue weighted by molar-refractivity contribution is -0.135. The number of aliphatic hydroxyl groups is 1. The van der Waals surface area contributed by atoms with Gasteiger partial charge in [0.05, 0.1) is 31.3 Å². The number of amides is 2. The number of ether oxygens (including phenoxy) is 1. The molecule has 1 N–H and O–H groups in total. The van der Waals surface area contributed by atoms with Gasteiger partial charge in [-0.25, -0.2) is 0 Å². The normalized spacial score (nSPS) is 25.9. The molecule has 2 saturated heterocycles. The molecular weight excluding hydrogens is 487 g/mol. The zero-order valence-electron chi connectivity index (χ0n) is 22.1. The van der Waals surface area contributed by atoms with Crippen molar-refractivity contribution >= 4 is 32.1 Å². The van der Waals surface area contributed by atoms with E-state index in [2.05, 4.69) is 6.92 Å². The van der Waals surface area contributed by atoms with Crippen molar-refractivity contribution in [3.8, 4) is 0 Å². The predicted molar refractivity (Wildman–Crippen MR) is 146 cm³/mol. The van der Waals surface area contributed by atoms with Crippen molar-refractivity contribution in [2.24, 2.45) is 5.92 Å². The fraction of sp³-hybridized carbons (Fsp3) is 0.517. The Bertz CT molecular complexity index is 1050. The van der Waals surface area contributed by atoms with Crippen molar-refractivity contribution in [1.29, 1.82) is 0 Å². The summed E-state index contributed by atoms with van der Waals surface area (Å²) in [5.41, 5.74) is 2.48. The maximum Gasteiger partial charge on any atom is 0.246 e. The lowest BCUT2D eigenvalue weighted by Crippen LogP contribution is -2.42. The summed E-state index contributed by atoms with van der Waals surface area (Å²) in [4.78, 5) is 28.1. The topological polar surface area (TPSA) is 70.1 Å². The van der Waals surface area contributed by atoms with Gasteiger partial charge in [-0.1, -0.05) is 37.3 Å². The van der Waals surface area contributed by atoms with Crippen LogP contribution < -0.4 is 4.90 Å². The van der Waals surface area contributed by atoms with Crippen LogP contribution in [-0.2, 0) is 20.7 Å². The Morgan fingerprint density at radius 3 is 2.43 bits per heavy atom. The lowest BCUT2D eigenvalue weighted by atomic mass is 9.95. The average Bonchev–Trinajstić information content (AvgIpc) is 3.48. The van der Waals surface area contributed by atoms with Gasteiger partial charge in [0.25, 0.3) is 0 Å². The third-order valence-corrected chi connectivity index (χ3v) is 10.5. The molecule has 0 aromatic heterocycles. The first-order valence-corrected chi connectivity index (χ1v) is 16.3. The quantitative estimate of drug-likeness (QED) is 0.261.